The highest BCUT2D eigenvalue weighted by atomic mass is 32.1. The van der Waals surface area contributed by atoms with Gasteiger partial charge in [-0.3, -0.25) is 4.79 Å². The van der Waals surface area contributed by atoms with Crippen molar-refractivity contribution in [3.63, 3.8) is 0 Å². The van der Waals surface area contributed by atoms with E-state index in [0.29, 0.717) is 11.2 Å². The van der Waals surface area contributed by atoms with E-state index in [1.165, 1.54) is 0 Å². The van der Waals surface area contributed by atoms with E-state index in [1.807, 2.05) is 12.1 Å². The van der Waals surface area contributed by atoms with Crippen LogP contribution in [0.2, 0.25) is 0 Å². The maximum Gasteiger partial charge on any atom is 0.242 e. The smallest absolute Gasteiger partial charge is 0.242 e. The Morgan fingerprint density at radius 3 is 2.71 bits per heavy atom. The molecule has 0 bridgehead atoms. The van der Waals surface area contributed by atoms with Gasteiger partial charge in [0.25, 0.3) is 0 Å². The molecule has 2 aromatic rings. The summed E-state index contributed by atoms with van der Waals surface area (Å²) >= 11 is 4.98. The Kier molecular flexibility index (Phi) is 3.29. The molecule has 1 aromatic carbocycles. The van der Waals surface area contributed by atoms with Crippen LogP contribution in [-0.2, 0) is 4.79 Å². The quantitative estimate of drug-likeness (QED) is 0.811. The molecule has 88 valence electrons. The zero-order valence-electron chi connectivity index (χ0n) is 9.17. The number of carbonyl (C=O) groups excluding carboxylic acids is 1. The molecule has 0 atom stereocenters. The van der Waals surface area contributed by atoms with Crippen LogP contribution in [0.1, 0.15) is 13.3 Å². The summed E-state index contributed by atoms with van der Waals surface area (Å²) < 4.78 is 1.93. The van der Waals surface area contributed by atoms with Crippen LogP contribution in [-0.4, -0.2) is 26.1 Å². The van der Waals surface area contributed by atoms with Crippen molar-refractivity contribution in [2.24, 2.45) is 0 Å². The number of anilines is 1. The number of hydrogen-bond acceptors (Lipinski definition) is 4. The molecule has 1 heterocycles. The number of aromatic nitrogens is 4. The minimum atomic E-state index is -0.0161. The third-order valence-corrected chi connectivity index (χ3v) is 2.47. The van der Waals surface area contributed by atoms with Crippen molar-refractivity contribution in [1.82, 2.24) is 20.2 Å². The van der Waals surface area contributed by atoms with Crippen LogP contribution in [0.3, 0.4) is 0 Å². The van der Waals surface area contributed by atoms with E-state index in [4.69, 9.17) is 12.2 Å². The summed E-state index contributed by atoms with van der Waals surface area (Å²) in [4.78, 5) is 11.2. The number of amides is 1. The van der Waals surface area contributed by atoms with Gasteiger partial charge < -0.3 is 5.32 Å². The summed E-state index contributed by atoms with van der Waals surface area (Å²) in [6.45, 7) is 1.80. The maximum atomic E-state index is 11.2. The predicted molar refractivity (Wildman–Crippen MR) is 65.5 cm³/mol. The van der Waals surface area contributed by atoms with Gasteiger partial charge in [-0.1, -0.05) is 17.2 Å². The third kappa shape index (κ3) is 2.56. The Bertz CT molecular complexity index is 571. The molecule has 1 amide bonds. The van der Waals surface area contributed by atoms with Crippen LogP contribution in [0.15, 0.2) is 24.3 Å². The molecule has 6 nitrogen and oxygen atoms in total. The van der Waals surface area contributed by atoms with Crippen molar-refractivity contribution in [3.8, 4) is 5.69 Å². The number of nitrogens with zero attached hydrogens (tertiary/aromatic N) is 3. The van der Waals surface area contributed by atoms with Crippen LogP contribution in [0.4, 0.5) is 5.69 Å². The summed E-state index contributed by atoms with van der Waals surface area (Å²) in [6.07, 6.45) is 0.456. The summed E-state index contributed by atoms with van der Waals surface area (Å²) in [7, 11) is 0. The maximum absolute atomic E-state index is 11.2. The van der Waals surface area contributed by atoms with Gasteiger partial charge in [0.05, 0.1) is 5.69 Å². The lowest BCUT2D eigenvalue weighted by Crippen LogP contribution is -2.09. The van der Waals surface area contributed by atoms with Crippen LogP contribution >= 0.6 is 12.2 Å². The lowest BCUT2D eigenvalue weighted by molar-refractivity contribution is -0.115. The molecule has 0 saturated carbocycles. The van der Waals surface area contributed by atoms with E-state index >= 15 is 0 Å². The molecule has 0 fully saturated rings. The highest BCUT2D eigenvalue weighted by Crippen LogP contribution is 2.12. The SMILES string of the molecule is CCC(=O)Nc1ccc(-n2[nH]nnc2=S)cc1. The van der Waals surface area contributed by atoms with Gasteiger partial charge in [-0.2, -0.15) is 5.21 Å². The van der Waals surface area contributed by atoms with E-state index in [2.05, 4.69) is 20.8 Å². The molecule has 0 aliphatic carbocycles. The number of benzene rings is 1. The second-order valence-electron chi connectivity index (χ2n) is 3.37. The van der Waals surface area contributed by atoms with Crippen molar-refractivity contribution >= 4 is 23.8 Å². The van der Waals surface area contributed by atoms with Gasteiger partial charge in [-0.15, -0.1) is 0 Å². The Hall–Kier alpha value is -2.02. The van der Waals surface area contributed by atoms with Crippen LogP contribution in [0.25, 0.3) is 5.69 Å². The van der Waals surface area contributed by atoms with Crippen molar-refractivity contribution < 1.29 is 4.79 Å². The number of nitrogens with one attached hydrogen (secondary N) is 2. The topological polar surface area (TPSA) is 75.6 Å². The zero-order valence-corrected chi connectivity index (χ0v) is 9.99. The Labute approximate surface area is 103 Å². The number of rotatable bonds is 3. The van der Waals surface area contributed by atoms with Crippen molar-refractivity contribution in [3.05, 3.63) is 29.0 Å². The molecule has 2 rings (SSSR count). The first kappa shape index (κ1) is 11.5. The predicted octanol–water partition coefficient (Wildman–Crippen LogP) is 1.67. The highest BCUT2D eigenvalue weighted by molar-refractivity contribution is 7.71. The molecule has 0 unspecified atom stereocenters. The van der Waals surface area contributed by atoms with Crippen molar-refractivity contribution in [2.45, 2.75) is 13.3 Å². The van der Waals surface area contributed by atoms with Gasteiger partial charge in [-0.05, 0) is 36.5 Å². The summed E-state index contributed by atoms with van der Waals surface area (Å²) in [6, 6.07) is 7.24. The molecular formula is C10H11N5OS. The summed E-state index contributed by atoms with van der Waals surface area (Å²) in [5.74, 6) is -0.0161. The molecule has 1 aromatic heterocycles. The third-order valence-electron chi connectivity index (χ3n) is 2.20. The number of carbonyl (C=O) groups is 1. The van der Waals surface area contributed by atoms with Crippen LogP contribution < -0.4 is 5.32 Å². The lowest BCUT2D eigenvalue weighted by Gasteiger charge is -2.05. The van der Waals surface area contributed by atoms with Crippen LogP contribution in [0.5, 0.6) is 0 Å². The largest absolute Gasteiger partial charge is 0.326 e. The average Bonchev–Trinajstić information content (AvgIpc) is 2.76. The first-order valence-corrected chi connectivity index (χ1v) is 5.52. The fourth-order valence-corrected chi connectivity index (χ4v) is 1.50. The molecular weight excluding hydrogens is 238 g/mol. The van der Waals surface area contributed by atoms with Crippen LogP contribution in [0, 0.1) is 4.77 Å². The van der Waals surface area contributed by atoms with Crippen molar-refractivity contribution in [2.75, 3.05) is 5.32 Å². The van der Waals surface area contributed by atoms with Gasteiger partial charge in [-0.25, -0.2) is 4.68 Å². The molecule has 2 N–H and O–H groups in total. The fourth-order valence-electron chi connectivity index (χ4n) is 1.31. The first-order chi connectivity index (χ1) is 8.20. The molecule has 0 saturated heterocycles. The summed E-state index contributed by atoms with van der Waals surface area (Å²) in [5.41, 5.74) is 1.56. The highest BCUT2D eigenvalue weighted by Gasteiger charge is 2.01. The summed E-state index contributed by atoms with van der Waals surface area (Å²) in [5, 5.41) is 12.7. The Morgan fingerprint density at radius 1 is 1.47 bits per heavy atom. The second-order valence-corrected chi connectivity index (χ2v) is 3.73. The Morgan fingerprint density at radius 2 is 2.18 bits per heavy atom. The normalized spacial score (nSPS) is 10.2. The average molecular weight is 249 g/mol. The second kappa shape index (κ2) is 4.88. The van der Waals surface area contributed by atoms with Gasteiger partial charge in [0.15, 0.2) is 0 Å². The molecule has 0 spiro atoms. The van der Waals surface area contributed by atoms with E-state index < -0.39 is 0 Å². The Balaban J connectivity index is 2.22. The lowest BCUT2D eigenvalue weighted by atomic mass is 10.2. The minimum Gasteiger partial charge on any atom is -0.326 e. The van der Waals surface area contributed by atoms with E-state index in [0.717, 1.165) is 11.4 Å². The van der Waals surface area contributed by atoms with Gasteiger partial charge in [0.1, 0.15) is 0 Å². The van der Waals surface area contributed by atoms with E-state index in [9.17, 15) is 4.79 Å². The monoisotopic (exact) mass is 249 g/mol. The molecule has 0 aliphatic rings. The number of aromatic amines is 1. The number of H-pyrrole nitrogens is 1. The zero-order chi connectivity index (χ0) is 12.3. The van der Waals surface area contributed by atoms with Crippen molar-refractivity contribution in [1.29, 1.82) is 0 Å². The number of hydrogen-bond donors (Lipinski definition) is 2. The molecule has 7 heteroatoms. The fraction of sp³-hybridized carbons (Fsp3) is 0.200. The van der Waals surface area contributed by atoms with Gasteiger partial charge >= 0.3 is 0 Å². The standard InChI is InChI=1S/C10H11N5OS/c1-2-9(16)11-7-3-5-8(6-4-7)15-10(17)12-13-14-15/h3-6H,2H2,1H3,(H,11,16)(H,12,14,17). The van der Waals surface area contributed by atoms with Gasteiger partial charge in [0, 0.05) is 12.1 Å². The number of tetrazole rings is 1. The van der Waals surface area contributed by atoms with Gasteiger partial charge in [0.2, 0.25) is 10.7 Å². The van der Waals surface area contributed by atoms with E-state index in [-0.39, 0.29) is 5.91 Å². The van der Waals surface area contributed by atoms with E-state index in [1.54, 1.807) is 23.7 Å². The molecule has 17 heavy (non-hydrogen) atoms. The first-order valence-electron chi connectivity index (χ1n) is 5.11. The molecule has 0 aliphatic heterocycles. The molecule has 0 radical (unpaired) electrons. The minimum absolute atomic E-state index is 0.0161.